The van der Waals surface area contributed by atoms with Gasteiger partial charge in [0.25, 0.3) is 0 Å². The van der Waals surface area contributed by atoms with Crippen molar-refractivity contribution in [1.82, 2.24) is 0 Å². The molecule has 0 radical (unpaired) electrons. The Morgan fingerprint density at radius 2 is 1.15 bits per heavy atom. The maximum atomic E-state index is 12.3. The summed E-state index contributed by atoms with van der Waals surface area (Å²) in [4.78, 5) is 24.1. The maximum Gasteiger partial charge on any atom is 0.0721 e. The van der Waals surface area contributed by atoms with Crippen LogP contribution in [0.2, 0.25) is 0 Å². The van der Waals surface area contributed by atoms with Crippen molar-refractivity contribution in [3.05, 3.63) is 34.4 Å². The molecule has 0 aliphatic rings. The van der Waals surface area contributed by atoms with E-state index in [1.165, 1.54) is 6.07 Å². The molecule has 1 rings (SSSR count). The van der Waals surface area contributed by atoms with Gasteiger partial charge < -0.3 is 19.8 Å². The van der Waals surface area contributed by atoms with Crippen LogP contribution in [0, 0.1) is 0 Å². The van der Waals surface area contributed by atoms with Gasteiger partial charge in [0.1, 0.15) is 0 Å². The van der Waals surface area contributed by atoms with Crippen molar-refractivity contribution >= 4 is 11.9 Å². The molecule has 26 heavy (non-hydrogen) atoms. The van der Waals surface area contributed by atoms with Gasteiger partial charge in [0.2, 0.25) is 0 Å². The molecular formula is C22H32O4-2. The number of carboxylic acids is 2. The summed E-state index contributed by atoms with van der Waals surface area (Å²) < 4.78 is 0. The summed E-state index contributed by atoms with van der Waals surface area (Å²) in [5, 5.41) is 24.1. The zero-order chi connectivity index (χ0) is 20.1. The predicted molar refractivity (Wildman–Crippen MR) is 100 cm³/mol. The van der Waals surface area contributed by atoms with E-state index in [0.29, 0.717) is 30.4 Å². The van der Waals surface area contributed by atoms with Crippen molar-refractivity contribution < 1.29 is 19.8 Å². The van der Waals surface area contributed by atoms with Crippen molar-refractivity contribution in [2.24, 2.45) is 0 Å². The van der Waals surface area contributed by atoms with Crippen LogP contribution in [0.4, 0.5) is 0 Å². The second kappa shape index (κ2) is 8.70. The number of aromatic carboxylic acids is 2. The summed E-state index contributed by atoms with van der Waals surface area (Å²) >= 11 is 0. The van der Waals surface area contributed by atoms with Crippen LogP contribution in [0.3, 0.4) is 0 Å². The average molecular weight is 360 g/mol. The molecule has 0 amide bonds. The van der Waals surface area contributed by atoms with E-state index in [0.717, 1.165) is 19.3 Å². The van der Waals surface area contributed by atoms with Crippen LogP contribution >= 0.6 is 0 Å². The Morgan fingerprint density at radius 3 is 1.46 bits per heavy atom. The summed E-state index contributed by atoms with van der Waals surface area (Å²) in [6.07, 6.45) is 4.30. The van der Waals surface area contributed by atoms with Crippen LogP contribution in [0.5, 0.6) is 0 Å². The minimum absolute atomic E-state index is 0.0179. The Balaban J connectivity index is 4.11. The van der Waals surface area contributed by atoms with E-state index < -0.39 is 17.4 Å². The van der Waals surface area contributed by atoms with Crippen LogP contribution in [0.15, 0.2) is 12.1 Å². The Hall–Kier alpha value is -1.84. The number of benzene rings is 1. The monoisotopic (exact) mass is 360 g/mol. The van der Waals surface area contributed by atoms with Crippen LogP contribution in [0.1, 0.15) is 112 Å². The highest BCUT2D eigenvalue weighted by Crippen LogP contribution is 2.44. The second-order valence-electron chi connectivity index (χ2n) is 7.17. The van der Waals surface area contributed by atoms with E-state index in [1.807, 2.05) is 41.5 Å². The zero-order valence-corrected chi connectivity index (χ0v) is 17.0. The van der Waals surface area contributed by atoms with E-state index in [9.17, 15) is 19.8 Å². The molecule has 0 N–H and O–H groups in total. The minimum Gasteiger partial charge on any atom is -0.545 e. The highest BCUT2D eigenvalue weighted by atomic mass is 16.4. The summed E-state index contributed by atoms with van der Waals surface area (Å²) in [7, 11) is 0. The number of rotatable bonds is 10. The lowest BCUT2D eigenvalue weighted by Crippen LogP contribution is -2.39. The molecule has 0 aromatic heterocycles. The number of carbonyl (C=O) groups is 2. The number of carboxylic acid groups (broad SMARTS) is 2. The summed E-state index contributed by atoms with van der Waals surface area (Å²) in [5.41, 5.74) is 0.308. The third-order valence-corrected chi connectivity index (χ3v) is 6.79. The second-order valence-corrected chi connectivity index (χ2v) is 7.17. The quantitative estimate of drug-likeness (QED) is 0.641. The molecule has 0 bridgehead atoms. The molecule has 146 valence electrons. The predicted octanol–water partition coefficient (Wildman–Crippen LogP) is 3.35. The molecule has 0 aliphatic carbocycles. The van der Waals surface area contributed by atoms with Crippen LogP contribution in [-0.4, -0.2) is 11.9 Å². The lowest BCUT2D eigenvalue weighted by Gasteiger charge is -2.40. The van der Waals surface area contributed by atoms with Crippen LogP contribution in [-0.2, 0) is 10.8 Å². The molecule has 4 heteroatoms. The van der Waals surface area contributed by atoms with Gasteiger partial charge in [0, 0.05) is 11.1 Å². The summed E-state index contributed by atoms with van der Waals surface area (Å²) in [6.45, 7) is 12.1. The third kappa shape index (κ3) is 3.51. The highest BCUT2D eigenvalue weighted by molar-refractivity contribution is 5.97. The fourth-order valence-electron chi connectivity index (χ4n) is 4.58. The van der Waals surface area contributed by atoms with Gasteiger partial charge in [-0.25, -0.2) is 0 Å². The topological polar surface area (TPSA) is 80.3 Å². The average Bonchev–Trinajstić information content (AvgIpc) is 2.65. The minimum atomic E-state index is -1.33. The van der Waals surface area contributed by atoms with Crippen molar-refractivity contribution in [1.29, 1.82) is 0 Å². The lowest BCUT2D eigenvalue weighted by atomic mass is 9.65. The van der Waals surface area contributed by atoms with Gasteiger partial charge in [-0.2, -0.15) is 0 Å². The Morgan fingerprint density at radius 1 is 0.731 bits per heavy atom. The zero-order valence-electron chi connectivity index (χ0n) is 17.0. The normalized spacial score (nSPS) is 12.2. The van der Waals surface area contributed by atoms with Crippen molar-refractivity contribution in [3.8, 4) is 0 Å². The molecule has 0 saturated heterocycles. The largest absolute Gasteiger partial charge is 0.545 e. The Labute approximate surface area is 157 Å². The first-order valence-electron chi connectivity index (χ1n) is 9.84. The molecule has 0 fully saturated rings. The molecule has 0 unspecified atom stereocenters. The molecule has 0 heterocycles. The maximum absolute atomic E-state index is 12.3. The van der Waals surface area contributed by atoms with Gasteiger partial charge >= 0.3 is 0 Å². The standard InChI is InChI=1S/C22H34O4/c1-7-21(8-2,9-3)16-14-13-15(19(23)24)18(17(16)20(25)26)22(10-4,11-5)12-6/h13-14H,7-12H2,1-6H3,(H,23,24)(H,25,26)/p-2. The summed E-state index contributed by atoms with van der Waals surface area (Å²) in [6, 6.07) is 3.21. The molecule has 1 aromatic rings. The fraction of sp³-hybridized carbons (Fsp3) is 0.636. The fourth-order valence-corrected chi connectivity index (χ4v) is 4.58. The number of hydrogen-bond acceptors (Lipinski definition) is 4. The summed E-state index contributed by atoms with van der Waals surface area (Å²) in [5.74, 6) is -2.62. The molecule has 0 atom stereocenters. The lowest BCUT2D eigenvalue weighted by molar-refractivity contribution is -0.255. The van der Waals surface area contributed by atoms with Crippen LogP contribution < -0.4 is 10.2 Å². The van der Waals surface area contributed by atoms with Crippen molar-refractivity contribution in [2.45, 2.75) is 90.9 Å². The molecular weight excluding hydrogens is 328 g/mol. The number of hydrogen-bond donors (Lipinski definition) is 0. The molecule has 0 spiro atoms. The van der Waals surface area contributed by atoms with Gasteiger partial charge in [0.15, 0.2) is 0 Å². The van der Waals surface area contributed by atoms with E-state index >= 15 is 0 Å². The van der Waals surface area contributed by atoms with E-state index in [1.54, 1.807) is 6.07 Å². The van der Waals surface area contributed by atoms with Gasteiger partial charge in [-0.05, 0) is 60.5 Å². The van der Waals surface area contributed by atoms with E-state index in [2.05, 4.69) is 0 Å². The smallest absolute Gasteiger partial charge is 0.0721 e. The van der Waals surface area contributed by atoms with E-state index in [4.69, 9.17) is 0 Å². The van der Waals surface area contributed by atoms with Gasteiger partial charge in [-0.1, -0.05) is 53.7 Å². The highest BCUT2D eigenvalue weighted by Gasteiger charge is 2.37. The van der Waals surface area contributed by atoms with Crippen molar-refractivity contribution in [2.75, 3.05) is 0 Å². The SMILES string of the molecule is CCC(CC)(CC)c1ccc(C(=O)[O-])c(C(CC)(CC)CC)c1C(=O)[O-]. The van der Waals surface area contributed by atoms with Crippen LogP contribution in [0.25, 0.3) is 0 Å². The van der Waals surface area contributed by atoms with E-state index in [-0.39, 0.29) is 16.5 Å². The molecule has 1 aromatic carbocycles. The van der Waals surface area contributed by atoms with Gasteiger partial charge in [0.05, 0.1) is 11.9 Å². The molecule has 0 aliphatic heterocycles. The first kappa shape index (κ1) is 22.2. The number of carbonyl (C=O) groups excluding carboxylic acids is 2. The van der Waals surface area contributed by atoms with Gasteiger partial charge in [-0.3, -0.25) is 0 Å². The first-order chi connectivity index (χ1) is 12.2. The van der Waals surface area contributed by atoms with Crippen molar-refractivity contribution in [3.63, 3.8) is 0 Å². The van der Waals surface area contributed by atoms with Gasteiger partial charge in [-0.15, -0.1) is 0 Å². The first-order valence-corrected chi connectivity index (χ1v) is 9.84. The Kier molecular flexibility index (Phi) is 7.43. The molecule has 4 nitrogen and oxygen atoms in total. The molecule has 0 saturated carbocycles. The Bertz CT molecular complexity index is 636. The third-order valence-electron chi connectivity index (χ3n) is 6.79.